The van der Waals surface area contributed by atoms with Gasteiger partial charge >= 0.3 is 0 Å². The number of nitrogens with one attached hydrogen (secondary N) is 2. The summed E-state index contributed by atoms with van der Waals surface area (Å²) in [6.45, 7) is 1.37. The van der Waals surface area contributed by atoms with E-state index in [1.807, 2.05) is 36.4 Å². The average molecular weight is 993 g/mol. The van der Waals surface area contributed by atoms with Crippen molar-refractivity contribution in [3.05, 3.63) is 101 Å². The van der Waals surface area contributed by atoms with Crippen molar-refractivity contribution < 1.29 is 54.0 Å². The van der Waals surface area contributed by atoms with Gasteiger partial charge in [0.05, 0.1) is 48.1 Å². The Kier molecular flexibility index (Phi) is 13.1. The predicted molar refractivity (Wildman–Crippen MR) is 275 cm³/mol. The zero-order valence-corrected chi connectivity index (χ0v) is 41.6. The lowest BCUT2D eigenvalue weighted by Gasteiger charge is -2.55. The van der Waals surface area contributed by atoms with Crippen molar-refractivity contribution in [2.24, 2.45) is 23.7 Å². The molecule has 0 amide bonds. The van der Waals surface area contributed by atoms with Crippen molar-refractivity contribution in [2.45, 2.75) is 125 Å². The fourth-order valence-electron chi connectivity index (χ4n) is 14.0. The quantitative estimate of drug-likeness (QED) is 0.0493. The fourth-order valence-corrected chi connectivity index (χ4v) is 14.0. The third-order valence-corrected chi connectivity index (χ3v) is 17.5. The third-order valence-electron chi connectivity index (χ3n) is 17.5. The molecule has 3 aliphatic carbocycles. The average Bonchev–Trinajstić information content (AvgIpc) is 4.15. The molecule has 4 fully saturated rings. The summed E-state index contributed by atoms with van der Waals surface area (Å²) < 4.78 is 41.4. The summed E-state index contributed by atoms with van der Waals surface area (Å²) in [6.07, 6.45) is 8.72. The zero-order valence-electron chi connectivity index (χ0n) is 41.6. The summed E-state index contributed by atoms with van der Waals surface area (Å²) in [5.74, 6) is 8.35. The number of methoxy groups -OCH3 is 1. The number of aliphatic hydroxyl groups is 2. The van der Waals surface area contributed by atoms with Gasteiger partial charge in [-0.25, -0.2) is 0 Å². The summed E-state index contributed by atoms with van der Waals surface area (Å²) in [5.41, 5.74) is 3.79. The van der Waals surface area contributed by atoms with E-state index in [1.165, 1.54) is 0 Å². The van der Waals surface area contributed by atoms with Gasteiger partial charge < -0.3 is 54.0 Å². The summed E-state index contributed by atoms with van der Waals surface area (Å²) in [7, 11) is 1.70. The summed E-state index contributed by atoms with van der Waals surface area (Å²) >= 11 is 0. The highest BCUT2D eigenvalue weighted by atomic mass is 16.5. The lowest BCUT2D eigenvalue weighted by atomic mass is 9.71. The molecule has 4 aliphatic heterocycles. The number of aliphatic hydroxyl groups excluding tert-OH is 2. The van der Waals surface area contributed by atoms with Crippen LogP contribution in [0.15, 0.2) is 78.9 Å². The van der Waals surface area contributed by atoms with Gasteiger partial charge in [-0.15, -0.1) is 0 Å². The van der Waals surface area contributed by atoms with Gasteiger partial charge in [0.2, 0.25) is 0 Å². The number of aromatic hydroxyl groups is 3. The minimum absolute atomic E-state index is 0.0387. The number of ether oxygens (including phenoxy) is 6. The molecule has 5 aromatic carbocycles. The Morgan fingerprint density at radius 1 is 0.808 bits per heavy atom. The molecule has 73 heavy (non-hydrogen) atoms. The molecule has 13 heteroatoms. The lowest BCUT2D eigenvalue weighted by molar-refractivity contribution is -0.167. The van der Waals surface area contributed by atoms with Gasteiger partial charge in [-0.2, -0.15) is 0 Å². The van der Waals surface area contributed by atoms with Crippen LogP contribution in [0.2, 0.25) is 0 Å². The Hall–Kier alpha value is -5.72. The zero-order chi connectivity index (χ0) is 49.8. The maximum atomic E-state index is 13.4. The number of phenolic OH excluding ortho intramolecular Hbond substituents is 3. The second kappa shape index (κ2) is 19.9. The Morgan fingerprint density at radius 3 is 2.45 bits per heavy atom. The second-order valence-electron chi connectivity index (χ2n) is 21.9. The van der Waals surface area contributed by atoms with Crippen LogP contribution in [0, 0.1) is 35.5 Å². The van der Waals surface area contributed by atoms with Crippen molar-refractivity contribution in [3.8, 4) is 63.2 Å². The highest BCUT2D eigenvalue weighted by Gasteiger charge is 2.61. The van der Waals surface area contributed by atoms with Gasteiger partial charge in [0.15, 0.2) is 0 Å². The third kappa shape index (κ3) is 8.91. The van der Waals surface area contributed by atoms with Crippen molar-refractivity contribution in [2.75, 3.05) is 40.1 Å². The lowest BCUT2D eigenvalue weighted by Crippen LogP contribution is -2.75. The molecule has 5 aromatic rings. The minimum Gasteiger partial charge on any atom is -0.508 e. The van der Waals surface area contributed by atoms with Crippen LogP contribution in [0.25, 0.3) is 21.9 Å². The second-order valence-corrected chi connectivity index (χ2v) is 21.9. The van der Waals surface area contributed by atoms with Crippen molar-refractivity contribution >= 4 is 10.8 Å². The molecule has 7 aliphatic rings. The molecule has 9 atom stereocenters. The Labute approximate surface area is 427 Å². The predicted octanol–water partition coefficient (Wildman–Crippen LogP) is 9.12. The summed E-state index contributed by atoms with van der Waals surface area (Å²) in [6, 6.07) is 23.6. The Morgan fingerprint density at radius 2 is 1.63 bits per heavy atom. The Bertz CT molecular complexity index is 2920. The molecule has 384 valence electrons. The largest absolute Gasteiger partial charge is 0.508 e. The van der Waals surface area contributed by atoms with E-state index < -0.39 is 41.8 Å². The van der Waals surface area contributed by atoms with Crippen LogP contribution in [-0.2, 0) is 15.9 Å². The SMILES string of the molecule is COCCCC1Oc2c3cc(c4cc(O)ccc24)OCC#CC2CNC4(CCCC4)NC24CCC(CO)C4OC3C1C1COc2c(Cc3cc(O)ccc3-c3cccc(O)c3)cc(OC3CCCC3)cc2C1O. The number of hydrogen-bond donors (Lipinski definition) is 7. The molecule has 13 nitrogen and oxygen atoms in total. The molecule has 2 spiro atoms. The molecule has 3 saturated carbocycles. The van der Waals surface area contributed by atoms with E-state index in [0.29, 0.717) is 66.4 Å². The van der Waals surface area contributed by atoms with E-state index in [9.17, 15) is 25.5 Å². The number of phenols is 3. The van der Waals surface area contributed by atoms with Crippen LogP contribution in [0.1, 0.15) is 112 Å². The first-order valence-corrected chi connectivity index (χ1v) is 26.8. The van der Waals surface area contributed by atoms with Crippen molar-refractivity contribution in [3.63, 3.8) is 0 Å². The normalized spacial score (nSPS) is 29.1. The monoisotopic (exact) mass is 992 g/mol. The standard InChI is InChI=1S/C60H68N2O11/c1-68-23-8-14-51-53(50-34-70-55-38(28-44(30-48(55)54(50)67)71-43-12-2-3-13-43)25-37-27-41(65)15-17-45(37)35-9-6-11-40(64)26-35)57-49-31-52(47-29-42(66)16-18-46(47)56(49)72-51)69-24-7-10-39-32-61-59(20-4-5-21-59)62-60(39)22-19-36(33-63)58(60)73-57/h6,9,11,15-18,26-31,36,39,43,50-51,53-54,57-58,61-67H,2-5,8,12-14,19-25,32-34H2,1H3. The molecule has 12 rings (SSSR count). The molecular formula is C60H68N2O11. The molecule has 0 aromatic heterocycles. The van der Waals surface area contributed by atoms with Crippen LogP contribution in [-0.4, -0.2) is 95.1 Å². The van der Waals surface area contributed by atoms with Gasteiger partial charge in [-0.05, 0) is 142 Å². The highest BCUT2D eigenvalue weighted by Crippen LogP contribution is 2.58. The van der Waals surface area contributed by atoms with E-state index in [1.54, 1.807) is 49.6 Å². The van der Waals surface area contributed by atoms with E-state index in [2.05, 4.69) is 22.5 Å². The molecule has 9 unspecified atom stereocenters. The van der Waals surface area contributed by atoms with Crippen LogP contribution in [0.3, 0.4) is 0 Å². The van der Waals surface area contributed by atoms with Crippen molar-refractivity contribution in [1.29, 1.82) is 0 Å². The van der Waals surface area contributed by atoms with E-state index >= 15 is 0 Å². The summed E-state index contributed by atoms with van der Waals surface area (Å²) in [5, 5.41) is 66.6. The molecule has 7 N–H and O–H groups in total. The van der Waals surface area contributed by atoms with E-state index in [-0.39, 0.29) is 60.7 Å². The van der Waals surface area contributed by atoms with Gasteiger partial charge in [0.1, 0.15) is 53.0 Å². The smallest absolute Gasteiger partial charge is 0.149 e. The minimum atomic E-state index is -1.06. The van der Waals surface area contributed by atoms with E-state index in [4.69, 9.17) is 28.4 Å². The fraction of sp³-hybridized carbons (Fsp3) is 0.500. The van der Waals surface area contributed by atoms with Crippen LogP contribution in [0.5, 0.6) is 40.2 Å². The summed E-state index contributed by atoms with van der Waals surface area (Å²) in [4.78, 5) is 0. The van der Waals surface area contributed by atoms with Crippen LogP contribution in [0.4, 0.5) is 0 Å². The topological polar surface area (TPSA) is 181 Å². The van der Waals surface area contributed by atoms with Crippen LogP contribution >= 0.6 is 0 Å². The number of fused-ring (bicyclic) bond motifs is 5. The van der Waals surface area contributed by atoms with E-state index in [0.717, 1.165) is 97.4 Å². The molecule has 4 heterocycles. The van der Waals surface area contributed by atoms with Crippen LogP contribution < -0.4 is 29.6 Å². The molecule has 2 bridgehead atoms. The number of hydrogen-bond acceptors (Lipinski definition) is 13. The Balaban J connectivity index is 1.01. The van der Waals surface area contributed by atoms with Gasteiger partial charge in [0.25, 0.3) is 0 Å². The highest BCUT2D eigenvalue weighted by molar-refractivity contribution is 5.96. The first-order valence-electron chi connectivity index (χ1n) is 26.8. The van der Waals surface area contributed by atoms with Crippen molar-refractivity contribution in [1.82, 2.24) is 10.6 Å². The molecule has 0 radical (unpaired) electrons. The van der Waals surface area contributed by atoms with Gasteiger partial charge in [-0.1, -0.05) is 42.9 Å². The maximum absolute atomic E-state index is 13.4. The molecular weight excluding hydrogens is 925 g/mol. The first-order chi connectivity index (χ1) is 35.6. The number of benzene rings is 5. The first kappa shape index (κ1) is 48.2. The van der Waals surface area contributed by atoms with Gasteiger partial charge in [0, 0.05) is 78.5 Å². The maximum Gasteiger partial charge on any atom is 0.149 e. The van der Waals surface area contributed by atoms with Gasteiger partial charge in [-0.3, -0.25) is 10.6 Å². The molecule has 1 saturated heterocycles. The number of rotatable bonds is 11.